The zero-order valence-electron chi connectivity index (χ0n) is 14.7. The van der Waals surface area contributed by atoms with Crippen molar-refractivity contribution >= 4 is 37.7 Å². The number of hydrogen-bond donors (Lipinski definition) is 1. The number of H-pyrrole nitrogens is 1. The first-order valence-corrected chi connectivity index (χ1v) is 9.67. The molecular weight excluding hydrogens is 410 g/mol. The molecule has 2 aromatic heterocycles. The lowest BCUT2D eigenvalue weighted by atomic mass is 10.2. The van der Waals surface area contributed by atoms with Crippen LogP contribution in [-0.4, -0.2) is 34.0 Å². The van der Waals surface area contributed by atoms with Crippen LogP contribution in [0.15, 0.2) is 48.9 Å². The highest BCUT2D eigenvalue weighted by atomic mass is 79.9. The summed E-state index contributed by atoms with van der Waals surface area (Å²) in [7, 11) is 1.61. The maximum Gasteiger partial charge on any atom is 0.230 e. The lowest BCUT2D eigenvalue weighted by Gasteiger charge is -2.13. The van der Waals surface area contributed by atoms with Gasteiger partial charge in [-0.05, 0) is 36.8 Å². The van der Waals surface area contributed by atoms with Crippen molar-refractivity contribution in [2.24, 2.45) is 0 Å². The van der Waals surface area contributed by atoms with Gasteiger partial charge >= 0.3 is 0 Å². The van der Waals surface area contributed by atoms with Gasteiger partial charge in [0, 0.05) is 28.5 Å². The summed E-state index contributed by atoms with van der Waals surface area (Å²) in [6.45, 7) is 0.595. The third-order valence-corrected chi connectivity index (χ3v) is 4.72. The number of alkyl halides is 1. The number of nitrogens with one attached hydrogen (secondary N) is 1. The van der Waals surface area contributed by atoms with Crippen molar-refractivity contribution in [3.8, 4) is 23.1 Å². The molecule has 2 aromatic carbocycles. The Hall–Kier alpha value is -2.80. The number of benzene rings is 2. The highest BCUT2D eigenvalue weighted by Gasteiger charge is 2.13. The second kappa shape index (κ2) is 7.84. The van der Waals surface area contributed by atoms with Gasteiger partial charge in [-0.1, -0.05) is 15.9 Å². The van der Waals surface area contributed by atoms with Gasteiger partial charge in [0.25, 0.3) is 0 Å². The smallest absolute Gasteiger partial charge is 0.230 e. The summed E-state index contributed by atoms with van der Waals surface area (Å²) in [6.07, 6.45) is 4.29. The van der Waals surface area contributed by atoms with Crippen LogP contribution < -0.4 is 14.2 Å². The SMILES string of the molecule is COc1cc2c(Oc3ccc4[nH]ccc4c3)ncnc2cc1OCCCBr. The molecule has 0 spiro atoms. The first kappa shape index (κ1) is 17.6. The maximum atomic E-state index is 6.04. The summed E-state index contributed by atoms with van der Waals surface area (Å²) >= 11 is 3.40. The zero-order valence-corrected chi connectivity index (χ0v) is 16.3. The van der Waals surface area contributed by atoms with E-state index in [0.29, 0.717) is 29.7 Å². The number of methoxy groups -OCH3 is 1. The molecule has 138 valence electrons. The lowest BCUT2D eigenvalue weighted by Crippen LogP contribution is -2.00. The second-order valence-electron chi connectivity index (χ2n) is 5.92. The molecule has 7 heteroatoms. The molecule has 0 radical (unpaired) electrons. The van der Waals surface area contributed by atoms with Crippen LogP contribution in [0, 0.1) is 0 Å². The Kier molecular flexibility index (Phi) is 5.11. The molecule has 0 fully saturated rings. The predicted octanol–water partition coefficient (Wildman–Crippen LogP) is 5.08. The van der Waals surface area contributed by atoms with E-state index < -0.39 is 0 Å². The van der Waals surface area contributed by atoms with Crippen LogP contribution >= 0.6 is 15.9 Å². The molecule has 0 bridgehead atoms. The largest absolute Gasteiger partial charge is 0.493 e. The van der Waals surface area contributed by atoms with Crippen molar-refractivity contribution in [2.75, 3.05) is 19.0 Å². The topological polar surface area (TPSA) is 69.3 Å². The van der Waals surface area contributed by atoms with Crippen molar-refractivity contribution in [2.45, 2.75) is 6.42 Å². The van der Waals surface area contributed by atoms with Crippen molar-refractivity contribution in [3.05, 3.63) is 48.9 Å². The predicted molar refractivity (Wildman–Crippen MR) is 108 cm³/mol. The molecule has 0 atom stereocenters. The summed E-state index contributed by atoms with van der Waals surface area (Å²) < 4.78 is 17.3. The fourth-order valence-corrected chi connectivity index (χ4v) is 3.07. The first-order chi connectivity index (χ1) is 13.3. The van der Waals surface area contributed by atoms with Crippen LogP contribution in [0.1, 0.15) is 6.42 Å². The monoisotopic (exact) mass is 427 g/mol. The van der Waals surface area contributed by atoms with E-state index in [1.54, 1.807) is 7.11 Å². The number of fused-ring (bicyclic) bond motifs is 2. The number of ether oxygens (including phenoxy) is 3. The lowest BCUT2D eigenvalue weighted by molar-refractivity contribution is 0.296. The van der Waals surface area contributed by atoms with Crippen LogP contribution in [-0.2, 0) is 0 Å². The van der Waals surface area contributed by atoms with Gasteiger partial charge in [0.1, 0.15) is 12.1 Å². The number of rotatable bonds is 7. The van der Waals surface area contributed by atoms with E-state index >= 15 is 0 Å². The van der Waals surface area contributed by atoms with Crippen LogP contribution in [0.3, 0.4) is 0 Å². The maximum absolute atomic E-state index is 6.04. The molecule has 6 nitrogen and oxygen atoms in total. The van der Waals surface area contributed by atoms with Gasteiger partial charge in [-0.25, -0.2) is 9.97 Å². The Morgan fingerprint density at radius 1 is 1.07 bits per heavy atom. The third-order valence-electron chi connectivity index (χ3n) is 4.16. The Morgan fingerprint density at radius 2 is 2.00 bits per heavy atom. The Morgan fingerprint density at radius 3 is 2.85 bits per heavy atom. The quantitative estimate of drug-likeness (QED) is 0.329. The Bertz CT molecular complexity index is 1080. The molecule has 0 amide bonds. The van der Waals surface area contributed by atoms with E-state index in [4.69, 9.17) is 14.2 Å². The molecule has 0 saturated carbocycles. The number of halogens is 1. The van der Waals surface area contributed by atoms with Gasteiger partial charge in [-0.15, -0.1) is 0 Å². The molecule has 0 unspecified atom stereocenters. The summed E-state index contributed by atoms with van der Waals surface area (Å²) in [5, 5.41) is 2.72. The van der Waals surface area contributed by atoms with Crippen molar-refractivity contribution < 1.29 is 14.2 Å². The Labute approximate surface area is 164 Å². The van der Waals surface area contributed by atoms with Crippen LogP contribution in [0.2, 0.25) is 0 Å². The van der Waals surface area contributed by atoms with E-state index in [-0.39, 0.29) is 0 Å². The molecule has 0 aliphatic heterocycles. The molecular formula is C20H18BrN3O3. The van der Waals surface area contributed by atoms with Crippen LogP contribution in [0.4, 0.5) is 0 Å². The average Bonchev–Trinajstić information content (AvgIpc) is 3.16. The van der Waals surface area contributed by atoms with Gasteiger partial charge in [0.05, 0.1) is 24.6 Å². The van der Waals surface area contributed by atoms with E-state index in [1.807, 2.05) is 42.6 Å². The molecule has 0 aliphatic carbocycles. The van der Waals surface area contributed by atoms with Crippen LogP contribution in [0.5, 0.6) is 23.1 Å². The number of nitrogens with zero attached hydrogens (tertiary/aromatic N) is 2. The van der Waals surface area contributed by atoms with E-state index in [2.05, 4.69) is 30.9 Å². The van der Waals surface area contributed by atoms with Gasteiger partial charge in [-0.3, -0.25) is 0 Å². The molecule has 2 heterocycles. The number of aromatic amines is 1. The Balaban J connectivity index is 1.69. The number of hydrogen-bond acceptors (Lipinski definition) is 5. The van der Waals surface area contributed by atoms with Crippen LogP contribution in [0.25, 0.3) is 21.8 Å². The second-order valence-corrected chi connectivity index (χ2v) is 6.71. The zero-order chi connectivity index (χ0) is 18.6. The van der Waals surface area contributed by atoms with Gasteiger partial charge in [0.15, 0.2) is 11.5 Å². The van der Waals surface area contributed by atoms with Crippen molar-refractivity contribution in [3.63, 3.8) is 0 Å². The molecule has 0 aliphatic rings. The van der Waals surface area contributed by atoms with Gasteiger partial charge in [-0.2, -0.15) is 0 Å². The third kappa shape index (κ3) is 3.68. The minimum Gasteiger partial charge on any atom is -0.493 e. The summed E-state index contributed by atoms with van der Waals surface area (Å²) in [5.74, 6) is 2.46. The summed E-state index contributed by atoms with van der Waals surface area (Å²) in [4.78, 5) is 11.8. The van der Waals surface area contributed by atoms with Crippen molar-refractivity contribution in [1.29, 1.82) is 0 Å². The fraction of sp³-hybridized carbons (Fsp3) is 0.200. The minimum absolute atomic E-state index is 0.472. The van der Waals surface area contributed by atoms with E-state index in [0.717, 1.165) is 33.6 Å². The molecule has 27 heavy (non-hydrogen) atoms. The summed E-state index contributed by atoms with van der Waals surface area (Å²) in [5.41, 5.74) is 1.79. The standard InChI is InChI=1S/C20H18BrN3O3/c1-25-18-10-15-17(11-19(18)26-8-2-6-21)23-12-24-20(15)27-14-3-4-16-13(9-14)5-7-22-16/h3-5,7,9-12,22H,2,6,8H2,1H3. The van der Waals surface area contributed by atoms with Gasteiger partial charge < -0.3 is 19.2 Å². The van der Waals surface area contributed by atoms with E-state index in [1.165, 1.54) is 6.33 Å². The minimum atomic E-state index is 0.472. The molecule has 4 aromatic rings. The molecule has 1 N–H and O–H groups in total. The first-order valence-electron chi connectivity index (χ1n) is 8.55. The molecule has 0 saturated heterocycles. The number of aromatic nitrogens is 3. The summed E-state index contributed by atoms with van der Waals surface area (Å²) in [6, 6.07) is 11.6. The van der Waals surface area contributed by atoms with Crippen molar-refractivity contribution in [1.82, 2.24) is 15.0 Å². The van der Waals surface area contributed by atoms with Gasteiger partial charge in [0.2, 0.25) is 5.88 Å². The fourth-order valence-electron chi connectivity index (χ4n) is 2.84. The highest BCUT2D eigenvalue weighted by molar-refractivity contribution is 9.09. The normalized spacial score (nSPS) is 11.0. The average molecular weight is 428 g/mol. The molecule has 4 rings (SSSR count). The highest BCUT2D eigenvalue weighted by Crippen LogP contribution is 2.36. The van der Waals surface area contributed by atoms with E-state index in [9.17, 15) is 0 Å².